The van der Waals surface area contributed by atoms with Crippen LogP contribution in [0.4, 0.5) is 4.79 Å². The molecule has 8 nitrogen and oxygen atoms in total. The first-order chi connectivity index (χ1) is 12.1. The van der Waals surface area contributed by atoms with Crippen LogP contribution in [0.15, 0.2) is 40.4 Å². The van der Waals surface area contributed by atoms with E-state index in [0.717, 1.165) is 18.4 Å². The molecule has 25 heavy (non-hydrogen) atoms. The summed E-state index contributed by atoms with van der Waals surface area (Å²) in [5.41, 5.74) is 3.88. The van der Waals surface area contributed by atoms with Gasteiger partial charge in [-0.1, -0.05) is 43.7 Å². The van der Waals surface area contributed by atoms with Crippen LogP contribution in [0.1, 0.15) is 25.3 Å². The number of nitrogens with one attached hydrogen (secondary N) is 2. The van der Waals surface area contributed by atoms with Gasteiger partial charge >= 0.3 is 6.03 Å². The molecule has 1 fully saturated rings. The highest BCUT2D eigenvalue weighted by atomic mass is 16.2. The van der Waals surface area contributed by atoms with Crippen molar-refractivity contribution in [3.8, 4) is 0 Å². The number of urea groups is 1. The Balaban J connectivity index is 1.78. The number of amides is 3. The molecule has 0 bridgehead atoms. The highest BCUT2D eigenvalue weighted by molar-refractivity contribution is 6.03. The number of carbonyl (C=O) groups is 2. The van der Waals surface area contributed by atoms with Crippen molar-refractivity contribution in [2.24, 2.45) is 10.1 Å². The second kappa shape index (κ2) is 7.33. The number of aliphatic imine (C=N–C) groups is 1. The van der Waals surface area contributed by atoms with Crippen LogP contribution in [-0.4, -0.2) is 59.7 Å². The smallest absolute Gasteiger partial charge is 0.325 e. The van der Waals surface area contributed by atoms with Crippen molar-refractivity contribution in [1.82, 2.24) is 20.5 Å². The van der Waals surface area contributed by atoms with Gasteiger partial charge in [0, 0.05) is 13.6 Å². The van der Waals surface area contributed by atoms with Crippen LogP contribution in [0, 0.1) is 0 Å². The molecule has 2 heterocycles. The van der Waals surface area contributed by atoms with Crippen LogP contribution < -0.4 is 10.7 Å². The van der Waals surface area contributed by atoms with Gasteiger partial charge in [-0.3, -0.25) is 10.1 Å². The highest BCUT2D eigenvalue weighted by Gasteiger charge is 2.48. The second-order valence-electron chi connectivity index (χ2n) is 6.04. The summed E-state index contributed by atoms with van der Waals surface area (Å²) in [6.45, 7) is 2.75. The first-order valence-corrected chi connectivity index (χ1v) is 8.38. The van der Waals surface area contributed by atoms with Gasteiger partial charge in [-0.15, -0.1) is 0 Å². The van der Waals surface area contributed by atoms with E-state index in [1.54, 1.807) is 13.3 Å². The molecule has 0 radical (unpaired) electrons. The normalized spacial score (nSPS) is 22.9. The zero-order valence-corrected chi connectivity index (χ0v) is 14.3. The largest absolute Gasteiger partial charge is 0.326 e. The van der Waals surface area contributed by atoms with Crippen LogP contribution in [0.3, 0.4) is 0 Å². The fraction of sp³-hybridized carbons (Fsp3) is 0.412. The molecule has 0 spiro atoms. The minimum atomic E-state index is -0.535. The minimum Gasteiger partial charge on any atom is -0.326 e. The van der Waals surface area contributed by atoms with Gasteiger partial charge in [0.15, 0.2) is 12.2 Å². The molecule has 2 aliphatic heterocycles. The Morgan fingerprint density at radius 2 is 2.08 bits per heavy atom. The van der Waals surface area contributed by atoms with Crippen LogP contribution in [0.5, 0.6) is 0 Å². The minimum absolute atomic E-state index is 0.322. The third-order valence-corrected chi connectivity index (χ3v) is 4.29. The monoisotopic (exact) mass is 342 g/mol. The van der Waals surface area contributed by atoms with Gasteiger partial charge in [0.1, 0.15) is 0 Å². The molecule has 2 N–H and O–H groups in total. The zero-order valence-electron chi connectivity index (χ0n) is 14.3. The SMILES string of the molecule is CCCCN1C(N/N=C/c2ccccc2)=NC2C1C(=O)NC(=O)N2C. The molecule has 2 aliphatic rings. The van der Waals surface area contributed by atoms with Crippen molar-refractivity contribution < 1.29 is 9.59 Å². The summed E-state index contributed by atoms with van der Waals surface area (Å²) >= 11 is 0. The summed E-state index contributed by atoms with van der Waals surface area (Å²) in [6.07, 6.45) is 3.06. The Morgan fingerprint density at radius 3 is 2.80 bits per heavy atom. The number of carbonyl (C=O) groups excluding carboxylic acids is 2. The lowest BCUT2D eigenvalue weighted by Crippen LogP contribution is -2.64. The Bertz CT molecular complexity index is 702. The van der Waals surface area contributed by atoms with Gasteiger partial charge in [0.05, 0.1) is 6.21 Å². The standard InChI is InChI=1S/C17H22N6O2/c1-3-4-10-23-13-14(22(2)17(25)20-15(13)24)19-16(23)21-18-11-12-8-6-5-7-9-12/h5-9,11,13-14H,3-4,10H2,1-2H3,(H,19,21)(H,20,24,25)/b18-11+. The quantitative estimate of drug-likeness (QED) is 0.616. The Hall–Kier alpha value is -2.90. The van der Waals surface area contributed by atoms with E-state index in [-0.39, 0.29) is 5.91 Å². The maximum atomic E-state index is 12.3. The fourth-order valence-electron chi connectivity index (χ4n) is 2.90. The van der Waals surface area contributed by atoms with Gasteiger partial charge in [-0.05, 0) is 12.0 Å². The third kappa shape index (κ3) is 3.47. The van der Waals surface area contributed by atoms with Crippen LogP contribution in [-0.2, 0) is 4.79 Å². The molecule has 3 rings (SSSR count). The molecule has 8 heteroatoms. The molecular weight excluding hydrogens is 320 g/mol. The maximum Gasteiger partial charge on any atom is 0.325 e. The summed E-state index contributed by atoms with van der Waals surface area (Å²) in [7, 11) is 1.64. The van der Waals surface area contributed by atoms with E-state index >= 15 is 0 Å². The predicted octanol–water partition coefficient (Wildman–Crippen LogP) is 0.958. The average Bonchev–Trinajstić information content (AvgIpc) is 2.98. The van der Waals surface area contributed by atoms with Gasteiger partial charge in [0.25, 0.3) is 5.91 Å². The van der Waals surface area contributed by atoms with Gasteiger partial charge in [-0.2, -0.15) is 5.10 Å². The Kier molecular flexibility index (Phi) is 4.97. The molecule has 1 aromatic carbocycles. The van der Waals surface area contributed by atoms with E-state index in [2.05, 4.69) is 27.8 Å². The topological polar surface area (TPSA) is 89.4 Å². The zero-order chi connectivity index (χ0) is 17.8. The number of unbranched alkanes of at least 4 members (excludes halogenated alkanes) is 1. The summed E-state index contributed by atoms with van der Waals surface area (Å²) < 4.78 is 0. The van der Waals surface area contributed by atoms with Gasteiger partial charge in [0.2, 0.25) is 5.96 Å². The molecule has 3 amide bonds. The number of hydrazone groups is 1. The van der Waals surface area contributed by atoms with E-state index in [1.807, 2.05) is 35.2 Å². The average molecular weight is 342 g/mol. The lowest BCUT2D eigenvalue weighted by Gasteiger charge is -2.36. The number of fused-ring (bicyclic) bond motifs is 1. The fourth-order valence-corrected chi connectivity index (χ4v) is 2.90. The molecule has 0 saturated carbocycles. The highest BCUT2D eigenvalue weighted by Crippen LogP contribution is 2.23. The molecule has 2 atom stereocenters. The van der Waals surface area contributed by atoms with Crippen LogP contribution in [0.25, 0.3) is 0 Å². The van der Waals surface area contributed by atoms with E-state index in [9.17, 15) is 9.59 Å². The number of rotatable bonds is 5. The molecule has 132 valence electrons. The number of likely N-dealkylation sites (N-methyl/N-ethyl adjacent to an activating group) is 1. The summed E-state index contributed by atoms with van der Waals surface area (Å²) in [5, 5.41) is 6.60. The Labute approximate surface area is 146 Å². The molecule has 0 aliphatic carbocycles. The van der Waals surface area contributed by atoms with Crippen LogP contribution in [0.2, 0.25) is 0 Å². The van der Waals surface area contributed by atoms with Crippen molar-refractivity contribution in [1.29, 1.82) is 0 Å². The number of benzene rings is 1. The lowest BCUT2D eigenvalue weighted by molar-refractivity contribution is -0.127. The molecule has 2 unspecified atom stereocenters. The van der Waals surface area contributed by atoms with E-state index < -0.39 is 18.2 Å². The maximum absolute atomic E-state index is 12.3. The van der Waals surface area contributed by atoms with Crippen molar-refractivity contribution in [3.05, 3.63) is 35.9 Å². The van der Waals surface area contributed by atoms with Crippen molar-refractivity contribution in [2.45, 2.75) is 32.0 Å². The van der Waals surface area contributed by atoms with Crippen LogP contribution >= 0.6 is 0 Å². The van der Waals surface area contributed by atoms with Crippen molar-refractivity contribution in [2.75, 3.05) is 13.6 Å². The van der Waals surface area contributed by atoms with E-state index in [4.69, 9.17) is 0 Å². The molecule has 0 aromatic heterocycles. The number of imide groups is 1. The van der Waals surface area contributed by atoms with Gasteiger partial charge in [-0.25, -0.2) is 15.2 Å². The first kappa shape index (κ1) is 16.9. The number of nitrogens with zero attached hydrogens (tertiary/aromatic N) is 4. The summed E-state index contributed by atoms with van der Waals surface area (Å²) in [6, 6.07) is 8.73. The summed E-state index contributed by atoms with van der Waals surface area (Å²) in [4.78, 5) is 32.0. The molecule has 1 aromatic rings. The summed E-state index contributed by atoms with van der Waals surface area (Å²) in [5.74, 6) is 0.184. The lowest BCUT2D eigenvalue weighted by atomic mass is 10.1. The number of hydrogen-bond donors (Lipinski definition) is 2. The number of guanidine groups is 1. The number of hydrogen-bond acceptors (Lipinski definition) is 6. The Morgan fingerprint density at radius 1 is 1.32 bits per heavy atom. The van der Waals surface area contributed by atoms with Gasteiger partial charge < -0.3 is 9.80 Å². The second-order valence-corrected chi connectivity index (χ2v) is 6.04. The van der Waals surface area contributed by atoms with Crippen molar-refractivity contribution in [3.63, 3.8) is 0 Å². The van der Waals surface area contributed by atoms with Crippen molar-refractivity contribution >= 4 is 24.1 Å². The molecular formula is C17H22N6O2. The first-order valence-electron chi connectivity index (χ1n) is 8.38. The van der Waals surface area contributed by atoms with E-state index in [0.29, 0.717) is 12.5 Å². The van der Waals surface area contributed by atoms with E-state index in [1.165, 1.54) is 4.90 Å². The predicted molar refractivity (Wildman–Crippen MR) is 95.1 cm³/mol. The third-order valence-electron chi connectivity index (χ3n) is 4.29. The molecule has 1 saturated heterocycles.